The van der Waals surface area contributed by atoms with Crippen molar-refractivity contribution >= 4 is 5.97 Å². The van der Waals surface area contributed by atoms with Crippen molar-refractivity contribution in [3.8, 4) is 0 Å². The molecule has 0 aromatic carbocycles. The van der Waals surface area contributed by atoms with E-state index in [0.29, 0.717) is 12.8 Å². The number of carboxylic acid groups (broad SMARTS) is 1. The first-order valence-electron chi connectivity index (χ1n) is 9.03. The second-order valence-corrected chi connectivity index (χ2v) is 5.82. The van der Waals surface area contributed by atoms with Gasteiger partial charge in [-0.25, -0.2) is 0 Å². The Balaban J connectivity index is 3.74. The summed E-state index contributed by atoms with van der Waals surface area (Å²) >= 11 is 0. The summed E-state index contributed by atoms with van der Waals surface area (Å²) in [5, 5.41) is 29.0. The van der Waals surface area contributed by atoms with E-state index in [1.54, 1.807) is 19.1 Å². The molecule has 26 heavy (non-hydrogen) atoms. The molecule has 0 heterocycles. The molecule has 0 aromatic rings. The average molecular weight is 359 g/mol. The van der Waals surface area contributed by atoms with Crippen LogP contribution in [0.5, 0.6) is 0 Å². The highest BCUT2D eigenvalue weighted by Gasteiger charge is 1.92. The van der Waals surface area contributed by atoms with Crippen LogP contribution in [-0.4, -0.2) is 28.4 Å². The van der Waals surface area contributed by atoms with Gasteiger partial charge in [0.25, 0.3) is 0 Å². The second kappa shape index (κ2) is 17.6. The van der Waals surface area contributed by atoms with Crippen molar-refractivity contribution in [1.82, 2.24) is 0 Å². The molecule has 0 amide bonds. The zero-order valence-corrected chi connectivity index (χ0v) is 15.5. The predicted octanol–water partition coefficient (Wildman–Crippen LogP) is 3.16. The Morgan fingerprint density at radius 2 is 1.46 bits per heavy atom. The van der Waals surface area contributed by atoms with Gasteiger partial charge in [-0.1, -0.05) is 72.9 Å². The third-order valence-corrected chi connectivity index (χ3v) is 3.20. The van der Waals surface area contributed by atoms with Gasteiger partial charge in [0.15, 0.2) is 0 Å². The zero-order valence-electron chi connectivity index (χ0n) is 15.5. The first-order valence-corrected chi connectivity index (χ1v) is 9.03. The largest absolute Gasteiger partial charge is 0.550 e. The molecule has 0 saturated carbocycles. The number of hydrogen-bond donors (Lipinski definition) is 2. The van der Waals surface area contributed by atoms with Crippen LogP contribution < -0.4 is 5.11 Å². The molecular formula is C22H31O4-. The molecule has 0 aliphatic carbocycles. The molecule has 0 rings (SSSR count). The van der Waals surface area contributed by atoms with Crippen LogP contribution in [0, 0.1) is 0 Å². The molecule has 0 radical (unpaired) electrons. The Kier molecular flexibility index (Phi) is 16.2. The van der Waals surface area contributed by atoms with Crippen molar-refractivity contribution in [1.29, 1.82) is 0 Å². The molecule has 0 spiro atoms. The highest BCUT2D eigenvalue weighted by atomic mass is 16.4. The van der Waals surface area contributed by atoms with E-state index in [1.165, 1.54) is 0 Å². The van der Waals surface area contributed by atoms with Gasteiger partial charge in [-0.15, -0.1) is 0 Å². The van der Waals surface area contributed by atoms with Gasteiger partial charge >= 0.3 is 0 Å². The minimum Gasteiger partial charge on any atom is -0.550 e. The first-order chi connectivity index (χ1) is 12.5. The summed E-state index contributed by atoms with van der Waals surface area (Å²) in [6.07, 6.45) is 25.4. The Bertz CT molecular complexity index is 522. The first kappa shape index (κ1) is 23.8. The summed E-state index contributed by atoms with van der Waals surface area (Å²) in [6, 6.07) is 0. The lowest BCUT2D eigenvalue weighted by Gasteiger charge is -1.98. The van der Waals surface area contributed by atoms with Crippen LogP contribution in [0.2, 0.25) is 0 Å². The van der Waals surface area contributed by atoms with Gasteiger partial charge in [-0.3, -0.25) is 0 Å². The molecule has 0 bridgehead atoms. The Morgan fingerprint density at radius 1 is 0.846 bits per heavy atom. The van der Waals surface area contributed by atoms with Gasteiger partial charge in [-0.05, 0) is 45.4 Å². The van der Waals surface area contributed by atoms with Gasteiger partial charge in [0.2, 0.25) is 0 Å². The molecular weight excluding hydrogens is 328 g/mol. The van der Waals surface area contributed by atoms with Crippen LogP contribution in [0.1, 0.15) is 45.4 Å². The fourth-order valence-electron chi connectivity index (χ4n) is 1.88. The van der Waals surface area contributed by atoms with Crippen molar-refractivity contribution in [2.45, 2.75) is 57.7 Å². The fourth-order valence-corrected chi connectivity index (χ4v) is 1.88. The Hall–Kier alpha value is -2.17. The van der Waals surface area contributed by atoms with E-state index in [0.717, 1.165) is 19.3 Å². The maximum absolute atomic E-state index is 10.2. The van der Waals surface area contributed by atoms with Gasteiger partial charge in [-0.2, -0.15) is 0 Å². The molecule has 0 saturated heterocycles. The Labute approximate surface area is 157 Å². The standard InChI is InChI=1S/C22H32O4/c1-20(23)16-12-10-11-14-18-21(24)17-13-8-6-4-2-3-5-7-9-15-19-22(25)26/h2-3,6-9,11-14,16-17,20-21,23-24H,4-5,10,15,18-19H2,1H3,(H,25,26)/p-1/b3-2-,8-6-,9-7-,14-11-,16-12-,17-13+/t20-,21+/m0/s1. The molecule has 4 heteroatoms. The van der Waals surface area contributed by atoms with Crippen LogP contribution in [0.3, 0.4) is 0 Å². The van der Waals surface area contributed by atoms with E-state index in [4.69, 9.17) is 5.11 Å². The van der Waals surface area contributed by atoms with Crippen molar-refractivity contribution in [2.75, 3.05) is 0 Å². The van der Waals surface area contributed by atoms with Crippen LogP contribution in [-0.2, 0) is 4.79 Å². The fraction of sp³-hybridized carbons (Fsp3) is 0.409. The maximum atomic E-state index is 10.2. The van der Waals surface area contributed by atoms with Crippen LogP contribution in [0.15, 0.2) is 72.9 Å². The minimum atomic E-state index is -1.02. The molecule has 0 aliphatic heterocycles. The molecule has 4 nitrogen and oxygen atoms in total. The van der Waals surface area contributed by atoms with Gasteiger partial charge in [0.05, 0.1) is 12.2 Å². The zero-order chi connectivity index (χ0) is 19.5. The number of carbonyl (C=O) groups excluding carboxylic acids is 1. The summed E-state index contributed by atoms with van der Waals surface area (Å²) in [4.78, 5) is 10.2. The molecule has 0 aromatic heterocycles. The monoisotopic (exact) mass is 359 g/mol. The van der Waals surface area contributed by atoms with E-state index in [9.17, 15) is 15.0 Å². The number of rotatable bonds is 14. The molecule has 2 atom stereocenters. The normalized spacial score (nSPS) is 15.5. The smallest absolute Gasteiger partial charge is 0.0758 e. The summed E-state index contributed by atoms with van der Waals surface area (Å²) in [7, 11) is 0. The van der Waals surface area contributed by atoms with Crippen LogP contribution in [0.25, 0.3) is 0 Å². The molecule has 0 aliphatic rings. The second-order valence-electron chi connectivity index (χ2n) is 5.82. The topological polar surface area (TPSA) is 80.6 Å². The number of carboxylic acids is 1. The van der Waals surface area contributed by atoms with E-state index in [2.05, 4.69) is 0 Å². The number of aliphatic carboxylic acids is 1. The third kappa shape index (κ3) is 19.9. The number of hydrogen-bond acceptors (Lipinski definition) is 4. The van der Waals surface area contributed by atoms with E-state index < -0.39 is 18.2 Å². The molecule has 0 fully saturated rings. The number of carbonyl (C=O) groups is 1. The lowest BCUT2D eigenvalue weighted by molar-refractivity contribution is -0.305. The highest BCUT2D eigenvalue weighted by Crippen LogP contribution is 1.99. The quantitative estimate of drug-likeness (QED) is 0.369. The van der Waals surface area contributed by atoms with Gasteiger partial charge < -0.3 is 20.1 Å². The minimum absolute atomic E-state index is 0.0664. The Morgan fingerprint density at radius 3 is 2.15 bits per heavy atom. The van der Waals surface area contributed by atoms with E-state index in [-0.39, 0.29) is 6.42 Å². The highest BCUT2D eigenvalue weighted by molar-refractivity contribution is 5.64. The van der Waals surface area contributed by atoms with Crippen molar-refractivity contribution in [2.24, 2.45) is 0 Å². The maximum Gasteiger partial charge on any atom is 0.0758 e. The SMILES string of the molecule is C[C@H](O)/C=C\C/C=C\C[C@H](O)/C=C/C=C\C/C=C\C/C=C\CCC(=O)[O-]. The number of allylic oxidation sites excluding steroid dienone is 9. The predicted molar refractivity (Wildman–Crippen MR) is 105 cm³/mol. The average Bonchev–Trinajstić information content (AvgIpc) is 2.58. The van der Waals surface area contributed by atoms with E-state index in [1.807, 2.05) is 60.8 Å². The van der Waals surface area contributed by atoms with Crippen molar-refractivity contribution in [3.63, 3.8) is 0 Å². The van der Waals surface area contributed by atoms with Crippen LogP contribution in [0.4, 0.5) is 0 Å². The molecule has 2 N–H and O–H groups in total. The summed E-state index contributed by atoms with van der Waals surface area (Å²) in [5.41, 5.74) is 0. The van der Waals surface area contributed by atoms with Gasteiger partial charge in [0, 0.05) is 5.97 Å². The number of aliphatic hydroxyl groups excluding tert-OH is 2. The summed E-state index contributed by atoms with van der Waals surface area (Å²) in [5.74, 6) is -1.02. The lowest BCUT2D eigenvalue weighted by atomic mass is 10.2. The third-order valence-electron chi connectivity index (χ3n) is 3.20. The molecule has 0 unspecified atom stereocenters. The molecule has 144 valence electrons. The van der Waals surface area contributed by atoms with E-state index >= 15 is 0 Å². The van der Waals surface area contributed by atoms with Crippen LogP contribution >= 0.6 is 0 Å². The van der Waals surface area contributed by atoms with Crippen molar-refractivity contribution in [3.05, 3.63) is 72.9 Å². The van der Waals surface area contributed by atoms with Gasteiger partial charge in [0.1, 0.15) is 0 Å². The number of aliphatic hydroxyl groups is 2. The van der Waals surface area contributed by atoms with Crippen molar-refractivity contribution < 1.29 is 20.1 Å². The summed E-state index contributed by atoms with van der Waals surface area (Å²) in [6.45, 7) is 1.71. The lowest BCUT2D eigenvalue weighted by Crippen LogP contribution is -2.21. The summed E-state index contributed by atoms with van der Waals surface area (Å²) < 4.78 is 0.